The van der Waals surface area contributed by atoms with Crippen LogP contribution in [0.2, 0.25) is 0 Å². The van der Waals surface area contributed by atoms with Crippen LogP contribution in [0.3, 0.4) is 0 Å². The van der Waals surface area contributed by atoms with Crippen molar-refractivity contribution in [3.05, 3.63) is 0 Å². The lowest BCUT2D eigenvalue weighted by Gasteiger charge is -2.28. The van der Waals surface area contributed by atoms with Gasteiger partial charge in [0.15, 0.2) is 6.61 Å². The SMILES string of the molecule is C#CCOC(=O)N(C)C(C(=O)OCC)C(C)C. The predicted octanol–water partition coefficient (Wildman–Crippen LogP) is 1.28. The van der Waals surface area contributed by atoms with Crippen molar-refractivity contribution in [3.63, 3.8) is 0 Å². The molecule has 5 nitrogen and oxygen atoms in total. The minimum Gasteiger partial charge on any atom is -0.464 e. The number of terminal acetylenes is 1. The molecule has 0 radical (unpaired) electrons. The highest BCUT2D eigenvalue weighted by molar-refractivity contribution is 5.81. The van der Waals surface area contributed by atoms with Gasteiger partial charge in [-0.2, -0.15) is 0 Å². The summed E-state index contributed by atoms with van der Waals surface area (Å²) in [5.41, 5.74) is 0. The smallest absolute Gasteiger partial charge is 0.411 e. The minimum absolute atomic E-state index is 0.0718. The van der Waals surface area contributed by atoms with E-state index >= 15 is 0 Å². The van der Waals surface area contributed by atoms with Crippen LogP contribution in [0.4, 0.5) is 4.79 Å². The number of rotatable bonds is 5. The number of ether oxygens (including phenoxy) is 2. The number of carbonyl (C=O) groups is 2. The second-order valence-corrected chi connectivity index (χ2v) is 3.81. The van der Waals surface area contributed by atoms with Crippen LogP contribution in [0.15, 0.2) is 0 Å². The number of esters is 1. The Hall–Kier alpha value is -1.70. The third kappa shape index (κ3) is 4.77. The fraction of sp³-hybridized carbons (Fsp3) is 0.667. The molecular formula is C12H19NO4. The lowest BCUT2D eigenvalue weighted by atomic mass is 10.0. The van der Waals surface area contributed by atoms with E-state index in [1.54, 1.807) is 6.92 Å². The lowest BCUT2D eigenvalue weighted by molar-refractivity contribution is -0.150. The van der Waals surface area contributed by atoms with Gasteiger partial charge in [0.2, 0.25) is 0 Å². The maximum Gasteiger partial charge on any atom is 0.411 e. The van der Waals surface area contributed by atoms with Crippen LogP contribution in [0.5, 0.6) is 0 Å². The molecule has 0 fully saturated rings. The van der Waals surface area contributed by atoms with Gasteiger partial charge in [-0.3, -0.25) is 4.90 Å². The van der Waals surface area contributed by atoms with E-state index in [2.05, 4.69) is 5.92 Å². The maximum absolute atomic E-state index is 11.7. The molecule has 0 aromatic rings. The Morgan fingerprint density at radius 3 is 2.35 bits per heavy atom. The van der Waals surface area contributed by atoms with Gasteiger partial charge in [0.25, 0.3) is 0 Å². The summed E-state index contributed by atoms with van der Waals surface area (Å²) in [5, 5.41) is 0. The van der Waals surface area contributed by atoms with Crippen molar-refractivity contribution in [2.45, 2.75) is 26.8 Å². The van der Waals surface area contributed by atoms with Crippen molar-refractivity contribution in [1.82, 2.24) is 4.90 Å². The largest absolute Gasteiger partial charge is 0.464 e. The van der Waals surface area contributed by atoms with Crippen LogP contribution in [0.1, 0.15) is 20.8 Å². The first-order valence-corrected chi connectivity index (χ1v) is 5.45. The molecule has 0 saturated heterocycles. The average Bonchev–Trinajstić information content (AvgIpc) is 2.25. The summed E-state index contributed by atoms with van der Waals surface area (Å²) < 4.78 is 9.67. The van der Waals surface area contributed by atoms with Gasteiger partial charge in [0.1, 0.15) is 6.04 Å². The topological polar surface area (TPSA) is 55.8 Å². The van der Waals surface area contributed by atoms with E-state index in [0.717, 1.165) is 0 Å². The molecule has 0 aromatic heterocycles. The molecule has 0 N–H and O–H groups in total. The Morgan fingerprint density at radius 2 is 1.94 bits per heavy atom. The van der Waals surface area contributed by atoms with Crippen LogP contribution < -0.4 is 0 Å². The Morgan fingerprint density at radius 1 is 1.35 bits per heavy atom. The molecule has 0 aliphatic carbocycles. The van der Waals surface area contributed by atoms with Gasteiger partial charge in [0, 0.05) is 7.05 Å². The van der Waals surface area contributed by atoms with E-state index in [1.807, 2.05) is 13.8 Å². The Balaban J connectivity index is 4.65. The Bertz CT molecular complexity index is 306. The first-order valence-electron chi connectivity index (χ1n) is 5.45. The van der Waals surface area contributed by atoms with E-state index in [1.165, 1.54) is 11.9 Å². The standard InChI is InChI=1S/C12H19NO4/c1-6-8-17-12(15)13(5)10(9(3)4)11(14)16-7-2/h1,9-10H,7-8H2,2-5H3. The monoisotopic (exact) mass is 241 g/mol. The first kappa shape index (κ1) is 15.3. The summed E-state index contributed by atoms with van der Waals surface area (Å²) in [6, 6.07) is -0.666. The van der Waals surface area contributed by atoms with Crippen LogP contribution >= 0.6 is 0 Å². The number of carbonyl (C=O) groups excluding carboxylic acids is 2. The third-order valence-electron chi connectivity index (χ3n) is 2.14. The maximum atomic E-state index is 11.7. The van der Waals surface area contributed by atoms with Gasteiger partial charge >= 0.3 is 12.1 Å². The number of hydrogen-bond donors (Lipinski definition) is 0. The summed E-state index contributed by atoms with van der Waals surface area (Å²) in [4.78, 5) is 24.5. The van der Waals surface area contributed by atoms with E-state index in [0.29, 0.717) is 0 Å². The molecule has 1 amide bonds. The molecule has 0 rings (SSSR count). The van der Waals surface area contributed by atoms with Crippen molar-refractivity contribution < 1.29 is 19.1 Å². The minimum atomic E-state index is -0.666. The van der Waals surface area contributed by atoms with Gasteiger partial charge in [-0.25, -0.2) is 9.59 Å². The van der Waals surface area contributed by atoms with Crippen LogP contribution in [-0.2, 0) is 14.3 Å². The number of likely N-dealkylation sites (N-methyl/N-ethyl adjacent to an activating group) is 1. The van der Waals surface area contributed by atoms with Gasteiger partial charge < -0.3 is 9.47 Å². The molecule has 1 unspecified atom stereocenters. The van der Waals surface area contributed by atoms with E-state index < -0.39 is 18.1 Å². The van der Waals surface area contributed by atoms with Crippen molar-refractivity contribution in [2.24, 2.45) is 5.92 Å². The quantitative estimate of drug-likeness (QED) is 0.537. The van der Waals surface area contributed by atoms with Crippen LogP contribution in [0.25, 0.3) is 0 Å². The number of hydrogen-bond acceptors (Lipinski definition) is 4. The zero-order chi connectivity index (χ0) is 13.4. The molecule has 96 valence electrons. The van der Waals surface area contributed by atoms with E-state index in [9.17, 15) is 9.59 Å². The summed E-state index contributed by atoms with van der Waals surface area (Å²) in [7, 11) is 1.49. The molecule has 0 saturated carbocycles. The Labute approximate surface area is 102 Å². The average molecular weight is 241 g/mol. The van der Waals surface area contributed by atoms with Crippen molar-refractivity contribution in [2.75, 3.05) is 20.3 Å². The third-order valence-corrected chi connectivity index (χ3v) is 2.14. The molecule has 0 aromatic carbocycles. The van der Waals surface area contributed by atoms with Gasteiger partial charge in [-0.15, -0.1) is 6.42 Å². The summed E-state index contributed by atoms with van der Waals surface area (Å²) in [5.74, 6) is 1.68. The molecule has 17 heavy (non-hydrogen) atoms. The normalized spacial score (nSPS) is 11.5. The molecule has 0 spiro atoms. The second kappa shape index (κ2) is 7.55. The summed E-state index contributed by atoms with van der Waals surface area (Å²) >= 11 is 0. The highest BCUT2D eigenvalue weighted by atomic mass is 16.6. The highest BCUT2D eigenvalue weighted by Gasteiger charge is 2.31. The van der Waals surface area contributed by atoms with E-state index in [4.69, 9.17) is 15.9 Å². The summed E-state index contributed by atoms with van der Waals surface area (Å²) in [6.07, 6.45) is 4.35. The second-order valence-electron chi connectivity index (χ2n) is 3.81. The summed E-state index contributed by atoms with van der Waals surface area (Å²) in [6.45, 7) is 5.52. The zero-order valence-electron chi connectivity index (χ0n) is 10.7. The fourth-order valence-electron chi connectivity index (χ4n) is 1.42. The first-order chi connectivity index (χ1) is 7.95. The van der Waals surface area contributed by atoms with Gasteiger partial charge in [-0.1, -0.05) is 19.8 Å². The van der Waals surface area contributed by atoms with Gasteiger partial charge in [0.05, 0.1) is 6.61 Å². The number of amides is 1. The van der Waals surface area contributed by atoms with Crippen molar-refractivity contribution in [3.8, 4) is 12.3 Å². The molecule has 1 atom stereocenters. The molecule has 0 aliphatic rings. The predicted molar refractivity (Wildman–Crippen MR) is 63.2 cm³/mol. The van der Waals surface area contributed by atoms with E-state index in [-0.39, 0.29) is 19.1 Å². The Kier molecular flexibility index (Phi) is 6.80. The molecule has 5 heteroatoms. The van der Waals surface area contributed by atoms with Crippen molar-refractivity contribution >= 4 is 12.1 Å². The van der Waals surface area contributed by atoms with Crippen LogP contribution in [-0.4, -0.2) is 43.3 Å². The zero-order valence-corrected chi connectivity index (χ0v) is 10.7. The number of nitrogens with zero attached hydrogens (tertiary/aromatic N) is 1. The lowest BCUT2D eigenvalue weighted by Crippen LogP contribution is -2.46. The van der Waals surface area contributed by atoms with Gasteiger partial charge in [-0.05, 0) is 12.8 Å². The highest BCUT2D eigenvalue weighted by Crippen LogP contribution is 2.12. The molecule has 0 bridgehead atoms. The molecule has 0 aliphatic heterocycles. The van der Waals surface area contributed by atoms with Crippen LogP contribution in [0, 0.1) is 18.3 Å². The molecule has 0 heterocycles. The fourth-order valence-corrected chi connectivity index (χ4v) is 1.42. The molecular weight excluding hydrogens is 222 g/mol. The van der Waals surface area contributed by atoms with Crippen molar-refractivity contribution in [1.29, 1.82) is 0 Å².